The summed E-state index contributed by atoms with van der Waals surface area (Å²) in [4.78, 5) is 25.7. The fraction of sp³-hybridized carbons (Fsp3) is 0.579. The van der Waals surface area contributed by atoms with Crippen LogP contribution in [0.1, 0.15) is 31.2 Å². The van der Waals surface area contributed by atoms with Gasteiger partial charge in [0.1, 0.15) is 0 Å². The summed E-state index contributed by atoms with van der Waals surface area (Å²) in [7, 11) is -0.625. The van der Waals surface area contributed by atoms with E-state index in [4.69, 9.17) is 5.73 Å². The second-order valence-corrected chi connectivity index (χ2v) is 9.68. The van der Waals surface area contributed by atoms with E-state index < -0.39 is 10.0 Å². The first-order chi connectivity index (χ1) is 13.1. The smallest absolute Gasteiger partial charge is 0.242 e. The number of nitrogens with one attached hydrogen (secondary N) is 1. The predicted octanol–water partition coefficient (Wildman–Crippen LogP) is 1.16. The molecule has 1 aliphatic heterocycles. The molecule has 9 heteroatoms. The molecule has 2 rings (SSSR count). The van der Waals surface area contributed by atoms with E-state index in [-0.39, 0.29) is 23.3 Å². The molecule has 1 aliphatic rings. The highest BCUT2D eigenvalue weighted by Gasteiger charge is 2.23. The fourth-order valence-electron chi connectivity index (χ4n) is 3.43. The van der Waals surface area contributed by atoms with Gasteiger partial charge in [0.15, 0.2) is 0 Å². The Balaban J connectivity index is 1.99. The molecule has 3 N–H and O–H groups in total. The van der Waals surface area contributed by atoms with Crippen molar-refractivity contribution in [3.63, 3.8) is 0 Å². The number of nitrogens with two attached hydrogens (primary N) is 1. The van der Waals surface area contributed by atoms with Crippen molar-refractivity contribution < 1.29 is 18.0 Å². The molecule has 0 spiro atoms. The predicted molar refractivity (Wildman–Crippen MR) is 108 cm³/mol. The molecule has 0 radical (unpaired) electrons. The zero-order valence-electron chi connectivity index (χ0n) is 16.8. The summed E-state index contributed by atoms with van der Waals surface area (Å²) in [5.41, 5.74) is 6.30. The molecular weight excluding hydrogens is 380 g/mol. The maximum Gasteiger partial charge on any atom is 0.242 e. The summed E-state index contributed by atoms with van der Waals surface area (Å²) in [6.45, 7) is 3.54. The number of hydrogen-bond acceptors (Lipinski definition) is 5. The maximum atomic E-state index is 12.4. The zero-order chi connectivity index (χ0) is 20.9. The lowest BCUT2D eigenvalue weighted by atomic mass is 9.93. The Labute approximate surface area is 167 Å². The number of amides is 2. The molecule has 1 heterocycles. The lowest BCUT2D eigenvalue weighted by Crippen LogP contribution is -2.40. The Morgan fingerprint density at radius 3 is 2.68 bits per heavy atom. The largest absolute Gasteiger partial charge is 0.370 e. The lowest BCUT2D eigenvalue weighted by Gasteiger charge is -2.32. The molecule has 28 heavy (non-hydrogen) atoms. The number of rotatable bonds is 8. The summed E-state index contributed by atoms with van der Waals surface area (Å²) in [6, 6.07) is 4.88. The van der Waals surface area contributed by atoms with Crippen molar-refractivity contribution >= 4 is 27.5 Å². The van der Waals surface area contributed by atoms with Crippen molar-refractivity contribution in [3.8, 4) is 0 Å². The van der Waals surface area contributed by atoms with E-state index in [1.165, 1.54) is 20.2 Å². The van der Waals surface area contributed by atoms with Crippen molar-refractivity contribution in [2.75, 3.05) is 39.0 Å². The first-order valence-electron chi connectivity index (χ1n) is 9.43. The van der Waals surface area contributed by atoms with Gasteiger partial charge in [-0.15, -0.1) is 0 Å². The first-order valence-corrected chi connectivity index (χ1v) is 10.9. The third-order valence-electron chi connectivity index (χ3n) is 5.00. The molecule has 1 aromatic carbocycles. The van der Waals surface area contributed by atoms with Crippen molar-refractivity contribution in [3.05, 3.63) is 23.8 Å². The van der Waals surface area contributed by atoms with Crippen molar-refractivity contribution in [2.45, 2.75) is 37.5 Å². The summed E-state index contributed by atoms with van der Waals surface area (Å²) < 4.78 is 26.0. The van der Waals surface area contributed by atoms with E-state index in [9.17, 15) is 18.0 Å². The number of hydrogen-bond donors (Lipinski definition) is 2. The minimum Gasteiger partial charge on any atom is -0.370 e. The third kappa shape index (κ3) is 6.02. The molecule has 1 unspecified atom stereocenters. The van der Waals surface area contributed by atoms with Crippen LogP contribution in [0.25, 0.3) is 0 Å². The zero-order valence-corrected chi connectivity index (χ0v) is 17.6. The summed E-state index contributed by atoms with van der Waals surface area (Å²) in [5.74, 6) is -0.115. The molecule has 1 atom stereocenters. The molecule has 0 bridgehead atoms. The molecule has 0 aromatic heterocycles. The number of anilines is 1. The van der Waals surface area contributed by atoms with Gasteiger partial charge in [0.25, 0.3) is 0 Å². The molecule has 1 fully saturated rings. The van der Waals surface area contributed by atoms with Gasteiger partial charge in [-0.1, -0.05) is 6.07 Å². The van der Waals surface area contributed by atoms with E-state index in [1.807, 2.05) is 0 Å². The number of likely N-dealkylation sites (tertiary alicyclic amines) is 1. The number of sulfonamides is 1. The molecule has 1 aromatic rings. The third-order valence-corrected chi connectivity index (χ3v) is 6.96. The van der Waals surface area contributed by atoms with Crippen LogP contribution in [0.15, 0.2) is 23.1 Å². The number of piperidine rings is 1. The molecule has 1 saturated heterocycles. The number of carbonyl (C=O) groups is 2. The lowest BCUT2D eigenvalue weighted by molar-refractivity contribution is -0.119. The van der Waals surface area contributed by atoms with Gasteiger partial charge >= 0.3 is 0 Å². The highest BCUT2D eigenvalue weighted by atomic mass is 32.2. The average Bonchev–Trinajstić information content (AvgIpc) is 2.61. The van der Waals surface area contributed by atoms with E-state index in [1.54, 1.807) is 19.1 Å². The van der Waals surface area contributed by atoms with E-state index >= 15 is 0 Å². The van der Waals surface area contributed by atoms with Gasteiger partial charge in [-0.25, -0.2) is 12.7 Å². The van der Waals surface area contributed by atoms with Crippen molar-refractivity contribution in [1.29, 1.82) is 0 Å². The van der Waals surface area contributed by atoms with E-state index in [2.05, 4.69) is 10.2 Å². The first kappa shape index (κ1) is 22.3. The number of benzene rings is 1. The Morgan fingerprint density at radius 1 is 1.32 bits per heavy atom. The van der Waals surface area contributed by atoms with Crippen molar-refractivity contribution in [1.82, 2.24) is 9.21 Å². The highest BCUT2D eigenvalue weighted by Crippen LogP contribution is 2.23. The number of nitrogens with zero attached hydrogens (tertiary/aromatic N) is 2. The standard InChI is InChI=1S/C19H30N4O4S/c1-14-6-8-16(11-17(14)28(26,27)22(2)3)21-19(25)13-23-10-4-5-15(12-23)7-9-18(20)24/h6,8,11,15H,4-5,7,9-10,12-13H2,1-3H3,(H2,20,24)(H,21,25). The number of carbonyl (C=O) groups excluding carboxylic acids is 2. The van der Waals surface area contributed by atoms with Gasteiger partial charge in [-0.2, -0.15) is 0 Å². The van der Waals surface area contributed by atoms with Gasteiger partial charge in [-0.3, -0.25) is 14.5 Å². The Bertz CT molecular complexity index is 823. The Kier molecular flexibility index (Phi) is 7.56. The van der Waals surface area contributed by atoms with Crippen LogP contribution in [0, 0.1) is 12.8 Å². The highest BCUT2D eigenvalue weighted by molar-refractivity contribution is 7.89. The SMILES string of the molecule is Cc1ccc(NC(=O)CN2CCCC(CCC(N)=O)C2)cc1S(=O)(=O)N(C)C. The normalized spacial score (nSPS) is 18.2. The molecule has 0 saturated carbocycles. The minimum absolute atomic E-state index is 0.180. The van der Waals surface area contributed by atoms with Gasteiger partial charge < -0.3 is 11.1 Å². The second kappa shape index (κ2) is 9.49. The average molecular weight is 411 g/mol. The van der Waals surface area contributed by atoms with E-state index in [0.717, 1.165) is 36.7 Å². The maximum absolute atomic E-state index is 12.4. The second-order valence-electron chi connectivity index (χ2n) is 7.56. The fourth-order valence-corrected chi connectivity index (χ4v) is 4.58. The van der Waals surface area contributed by atoms with Crippen LogP contribution in [0.2, 0.25) is 0 Å². The monoisotopic (exact) mass is 410 g/mol. The van der Waals surface area contributed by atoms with Gasteiger partial charge in [0.2, 0.25) is 21.8 Å². The van der Waals surface area contributed by atoms with Gasteiger partial charge in [0, 0.05) is 32.7 Å². The summed E-state index contributed by atoms with van der Waals surface area (Å²) in [5, 5.41) is 2.80. The van der Waals surface area contributed by atoms with E-state index in [0.29, 0.717) is 23.6 Å². The van der Waals surface area contributed by atoms with Crippen LogP contribution in [0.5, 0.6) is 0 Å². The number of aryl methyl sites for hydroxylation is 1. The molecule has 0 aliphatic carbocycles. The van der Waals surface area contributed by atoms with Crippen LogP contribution in [0.3, 0.4) is 0 Å². The minimum atomic E-state index is -3.58. The van der Waals surface area contributed by atoms with Crippen molar-refractivity contribution in [2.24, 2.45) is 11.7 Å². The Morgan fingerprint density at radius 2 is 2.04 bits per heavy atom. The molecular formula is C19H30N4O4S. The quantitative estimate of drug-likeness (QED) is 0.668. The summed E-state index contributed by atoms with van der Waals surface area (Å²) in [6.07, 6.45) is 3.13. The van der Waals surface area contributed by atoms with Crippen LogP contribution >= 0.6 is 0 Å². The van der Waals surface area contributed by atoms with Gasteiger partial charge in [-0.05, 0) is 56.3 Å². The molecule has 8 nitrogen and oxygen atoms in total. The van der Waals surface area contributed by atoms with Crippen LogP contribution in [0.4, 0.5) is 5.69 Å². The van der Waals surface area contributed by atoms with Crippen LogP contribution in [-0.4, -0.2) is 63.2 Å². The van der Waals surface area contributed by atoms with Crippen LogP contribution in [-0.2, 0) is 19.6 Å². The van der Waals surface area contributed by atoms with Gasteiger partial charge in [0.05, 0.1) is 11.4 Å². The molecule has 156 valence electrons. The van der Waals surface area contributed by atoms with Crippen LogP contribution < -0.4 is 11.1 Å². The molecule has 2 amide bonds. The Hall–Kier alpha value is -1.97. The summed E-state index contributed by atoms with van der Waals surface area (Å²) >= 11 is 0. The topological polar surface area (TPSA) is 113 Å². The number of primary amides is 1.